The first kappa shape index (κ1) is 14.8. The highest BCUT2D eigenvalue weighted by Gasteiger charge is 2.09. The Labute approximate surface area is 124 Å². The van der Waals surface area contributed by atoms with Crippen LogP contribution in [0.25, 0.3) is 0 Å². The molecule has 0 unspecified atom stereocenters. The molecule has 5 heteroatoms. The number of methoxy groups -OCH3 is 1. The molecule has 0 saturated heterocycles. The van der Waals surface area contributed by atoms with E-state index in [-0.39, 0.29) is 5.91 Å². The Hall–Kier alpha value is -2.56. The van der Waals surface area contributed by atoms with E-state index in [1.165, 1.54) is 5.56 Å². The summed E-state index contributed by atoms with van der Waals surface area (Å²) in [6.07, 6.45) is 2.49. The number of rotatable bonds is 6. The lowest BCUT2D eigenvalue weighted by Gasteiger charge is -2.10. The normalized spacial score (nSPS) is 10.0. The van der Waals surface area contributed by atoms with Gasteiger partial charge in [-0.25, -0.2) is 4.98 Å². The molecule has 5 nitrogen and oxygen atoms in total. The van der Waals surface area contributed by atoms with Crippen LogP contribution in [0.15, 0.2) is 42.6 Å². The summed E-state index contributed by atoms with van der Waals surface area (Å²) in [4.78, 5) is 16.0. The monoisotopic (exact) mass is 285 g/mol. The van der Waals surface area contributed by atoms with E-state index >= 15 is 0 Å². The van der Waals surface area contributed by atoms with Crippen LogP contribution in [-0.4, -0.2) is 31.6 Å². The van der Waals surface area contributed by atoms with Crippen molar-refractivity contribution in [1.29, 1.82) is 0 Å². The second-order valence-electron chi connectivity index (χ2n) is 4.51. The third kappa shape index (κ3) is 3.95. The Morgan fingerprint density at radius 1 is 1.29 bits per heavy atom. The first-order valence-corrected chi connectivity index (χ1v) is 6.78. The van der Waals surface area contributed by atoms with Crippen molar-refractivity contribution in [3.05, 3.63) is 53.7 Å². The molecule has 110 valence electrons. The fourth-order valence-electron chi connectivity index (χ4n) is 2.02. The number of carbonyl (C=O) groups is 1. The maximum Gasteiger partial charge on any atom is 0.254 e. The summed E-state index contributed by atoms with van der Waals surface area (Å²) in [6.45, 7) is 0.689. The van der Waals surface area contributed by atoms with E-state index in [2.05, 4.69) is 15.6 Å². The molecule has 0 radical (unpaired) electrons. The van der Waals surface area contributed by atoms with Crippen molar-refractivity contribution in [1.82, 2.24) is 10.3 Å². The Bertz CT molecular complexity index is 614. The van der Waals surface area contributed by atoms with Crippen LogP contribution in [0.5, 0.6) is 5.75 Å². The first-order valence-electron chi connectivity index (χ1n) is 6.78. The van der Waals surface area contributed by atoms with E-state index in [9.17, 15) is 4.79 Å². The van der Waals surface area contributed by atoms with Crippen molar-refractivity contribution >= 4 is 11.7 Å². The summed E-state index contributed by atoms with van der Waals surface area (Å²) in [5.74, 6) is 1.29. The number of benzene rings is 1. The summed E-state index contributed by atoms with van der Waals surface area (Å²) in [6, 6.07) is 11.4. The van der Waals surface area contributed by atoms with E-state index in [1.54, 1.807) is 32.5 Å². The highest BCUT2D eigenvalue weighted by atomic mass is 16.5. The van der Waals surface area contributed by atoms with Gasteiger partial charge in [-0.3, -0.25) is 4.79 Å². The number of nitrogens with zero attached hydrogens (tertiary/aromatic N) is 1. The van der Waals surface area contributed by atoms with Crippen molar-refractivity contribution in [3.63, 3.8) is 0 Å². The molecule has 1 aromatic carbocycles. The van der Waals surface area contributed by atoms with Gasteiger partial charge < -0.3 is 15.4 Å². The molecule has 0 aliphatic rings. The zero-order valence-electron chi connectivity index (χ0n) is 12.2. The van der Waals surface area contributed by atoms with Gasteiger partial charge in [-0.1, -0.05) is 12.1 Å². The van der Waals surface area contributed by atoms with Gasteiger partial charge in [0.15, 0.2) is 0 Å². The van der Waals surface area contributed by atoms with Crippen molar-refractivity contribution < 1.29 is 9.53 Å². The average molecular weight is 285 g/mol. The van der Waals surface area contributed by atoms with Crippen LogP contribution < -0.4 is 15.4 Å². The molecule has 2 aromatic rings. The number of nitrogens with one attached hydrogen (secondary N) is 2. The molecule has 1 amide bonds. The largest absolute Gasteiger partial charge is 0.497 e. The van der Waals surface area contributed by atoms with Gasteiger partial charge in [-0.15, -0.1) is 0 Å². The third-order valence-electron chi connectivity index (χ3n) is 3.12. The van der Waals surface area contributed by atoms with Crippen molar-refractivity contribution in [2.75, 3.05) is 26.0 Å². The second kappa shape index (κ2) is 7.28. The Morgan fingerprint density at radius 3 is 2.90 bits per heavy atom. The molecule has 0 saturated carbocycles. The second-order valence-corrected chi connectivity index (χ2v) is 4.51. The number of hydrogen-bond donors (Lipinski definition) is 2. The van der Waals surface area contributed by atoms with E-state index in [4.69, 9.17) is 4.74 Å². The lowest BCUT2D eigenvalue weighted by molar-refractivity contribution is 0.0963. The van der Waals surface area contributed by atoms with Crippen LogP contribution in [0.4, 0.5) is 5.82 Å². The van der Waals surface area contributed by atoms with Gasteiger partial charge in [0.25, 0.3) is 5.91 Å². The summed E-state index contributed by atoms with van der Waals surface area (Å²) >= 11 is 0. The molecule has 21 heavy (non-hydrogen) atoms. The number of anilines is 1. The molecule has 2 rings (SSSR count). The van der Waals surface area contributed by atoms with E-state index in [1.807, 2.05) is 24.3 Å². The number of pyridine rings is 1. The quantitative estimate of drug-likeness (QED) is 0.853. The predicted octanol–water partition coefficient (Wildman–Crippen LogP) is 2.10. The number of ether oxygens (including phenoxy) is 1. The summed E-state index contributed by atoms with van der Waals surface area (Å²) in [5.41, 5.74) is 1.71. The molecule has 0 spiro atoms. The van der Waals surface area contributed by atoms with Crippen molar-refractivity contribution in [2.24, 2.45) is 0 Å². The lowest BCUT2D eigenvalue weighted by atomic mass is 10.1. The van der Waals surface area contributed by atoms with Gasteiger partial charge in [0.1, 0.15) is 11.6 Å². The van der Waals surface area contributed by atoms with Crippen LogP contribution in [-0.2, 0) is 6.42 Å². The minimum atomic E-state index is -0.146. The zero-order chi connectivity index (χ0) is 15.1. The van der Waals surface area contributed by atoms with Crippen LogP contribution in [0, 0.1) is 0 Å². The summed E-state index contributed by atoms with van der Waals surface area (Å²) in [7, 11) is 3.26. The summed E-state index contributed by atoms with van der Waals surface area (Å²) in [5, 5.41) is 5.81. The van der Waals surface area contributed by atoms with Crippen molar-refractivity contribution in [3.8, 4) is 5.75 Å². The highest BCUT2D eigenvalue weighted by Crippen LogP contribution is 2.14. The third-order valence-corrected chi connectivity index (χ3v) is 3.12. The van der Waals surface area contributed by atoms with Gasteiger partial charge in [0, 0.05) is 19.8 Å². The molecule has 0 bridgehead atoms. The molecule has 0 aliphatic heterocycles. The molecule has 0 aliphatic carbocycles. The molecule has 0 fully saturated rings. The molecule has 2 N–H and O–H groups in total. The number of aromatic nitrogens is 1. The minimum absolute atomic E-state index is 0.146. The first-order chi connectivity index (χ1) is 10.2. The van der Waals surface area contributed by atoms with Gasteiger partial charge in [-0.2, -0.15) is 0 Å². The fourth-order valence-corrected chi connectivity index (χ4v) is 2.02. The molecular formula is C16H19N3O2. The maximum atomic E-state index is 11.7. The lowest BCUT2D eigenvalue weighted by Crippen LogP contribution is -2.20. The summed E-state index contributed by atoms with van der Waals surface area (Å²) < 4.78 is 5.20. The highest BCUT2D eigenvalue weighted by molar-refractivity contribution is 5.98. The minimum Gasteiger partial charge on any atom is -0.497 e. The van der Waals surface area contributed by atoms with Crippen LogP contribution in [0.1, 0.15) is 15.9 Å². The van der Waals surface area contributed by atoms with Crippen LogP contribution >= 0.6 is 0 Å². The average Bonchev–Trinajstić information content (AvgIpc) is 2.55. The molecule has 1 aromatic heterocycles. The molecular weight excluding hydrogens is 266 g/mol. The number of amides is 1. The predicted molar refractivity (Wildman–Crippen MR) is 82.8 cm³/mol. The number of carbonyl (C=O) groups excluding carboxylic acids is 1. The van der Waals surface area contributed by atoms with Crippen molar-refractivity contribution in [2.45, 2.75) is 6.42 Å². The Kier molecular flexibility index (Phi) is 5.15. The topological polar surface area (TPSA) is 63.2 Å². The Balaban J connectivity index is 1.99. The SMILES string of the molecule is CNC(=O)c1cccnc1NCCc1cccc(OC)c1. The Morgan fingerprint density at radius 2 is 2.14 bits per heavy atom. The van der Waals surface area contributed by atoms with Gasteiger partial charge in [0.2, 0.25) is 0 Å². The van der Waals surface area contributed by atoms with E-state index in [0.717, 1.165) is 12.2 Å². The fraction of sp³-hybridized carbons (Fsp3) is 0.250. The van der Waals surface area contributed by atoms with E-state index < -0.39 is 0 Å². The van der Waals surface area contributed by atoms with Crippen LogP contribution in [0.3, 0.4) is 0 Å². The van der Waals surface area contributed by atoms with E-state index in [0.29, 0.717) is 17.9 Å². The van der Waals surface area contributed by atoms with Crippen LogP contribution in [0.2, 0.25) is 0 Å². The number of hydrogen-bond acceptors (Lipinski definition) is 4. The van der Waals surface area contributed by atoms with Gasteiger partial charge in [0.05, 0.1) is 12.7 Å². The smallest absolute Gasteiger partial charge is 0.254 e. The maximum absolute atomic E-state index is 11.7. The standard InChI is InChI=1S/C16H19N3O2/c1-17-16(20)14-7-4-9-18-15(14)19-10-8-12-5-3-6-13(11-12)21-2/h3-7,9,11H,8,10H2,1-2H3,(H,17,20)(H,18,19). The zero-order valence-corrected chi connectivity index (χ0v) is 12.2. The molecule has 0 atom stereocenters. The molecule has 1 heterocycles. The van der Waals surface area contributed by atoms with Gasteiger partial charge >= 0.3 is 0 Å². The van der Waals surface area contributed by atoms with Gasteiger partial charge in [-0.05, 0) is 36.2 Å².